The highest BCUT2D eigenvalue weighted by atomic mass is 19.4. The molecule has 0 fully saturated rings. The van der Waals surface area contributed by atoms with Crippen molar-refractivity contribution in [3.05, 3.63) is 83.7 Å². The van der Waals surface area contributed by atoms with Gasteiger partial charge in [-0.2, -0.15) is 13.2 Å². The summed E-state index contributed by atoms with van der Waals surface area (Å²) in [6, 6.07) is 14.4. The third kappa shape index (κ3) is 4.37. The number of hydrogen-bond donors (Lipinski definition) is 0. The summed E-state index contributed by atoms with van der Waals surface area (Å²) in [7, 11) is 2.94. The van der Waals surface area contributed by atoms with Crippen molar-refractivity contribution in [3.8, 4) is 11.5 Å². The number of halogens is 4. The largest absolute Gasteiger partial charge is 0.497 e. The van der Waals surface area contributed by atoms with Crippen molar-refractivity contribution in [2.45, 2.75) is 6.18 Å². The molecular formula is C22H17F4NO3. The Morgan fingerprint density at radius 3 is 1.67 bits per heavy atom. The van der Waals surface area contributed by atoms with Gasteiger partial charge in [-0.3, -0.25) is 9.69 Å². The van der Waals surface area contributed by atoms with Gasteiger partial charge in [0.25, 0.3) is 5.91 Å². The number of alkyl halides is 3. The van der Waals surface area contributed by atoms with E-state index in [4.69, 9.17) is 9.47 Å². The maximum atomic E-state index is 13.5. The van der Waals surface area contributed by atoms with Crippen LogP contribution in [-0.4, -0.2) is 20.1 Å². The van der Waals surface area contributed by atoms with Gasteiger partial charge in [0, 0.05) is 11.4 Å². The van der Waals surface area contributed by atoms with Crippen LogP contribution in [0.1, 0.15) is 15.9 Å². The minimum atomic E-state index is -4.90. The molecule has 0 unspecified atom stereocenters. The van der Waals surface area contributed by atoms with Gasteiger partial charge < -0.3 is 9.47 Å². The fraction of sp³-hybridized carbons (Fsp3) is 0.136. The van der Waals surface area contributed by atoms with Crippen LogP contribution in [0, 0.1) is 5.82 Å². The molecule has 3 aromatic rings. The Morgan fingerprint density at radius 1 is 0.800 bits per heavy atom. The predicted molar refractivity (Wildman–Crippen MR) is 104 cm³/mol. The molecule has 3 rings (SSSR count). The number of carbonyl (C=O) groups excluding carboxylic acids is 1. The van der Waals surface area contributed by atoms with E-state index >= 15 is 0 Å². The van der Waals surface area contributed by atoms with E-state index < -0.39 is 29.0 Å². The molecule has 0 saturated carbocycles. The number of carbonyl (C=O) groups is 1. The lowest BCUT2D eigenvalue weighted by Crippen LogP contribution is -2.28. The predicted octanol–water partition coefficient (Wildman–Crippen LogP) is 5.84. The molecule has 0 aliphatic heterocycles. The molecule has 0 saturated heterocycles. The number of amides is 1. The lowest BCUT2D eigenvalue weighted by atomic mass is 10.0. The fourth-order valence-corrected chi connectivity index (χ4v) is 2.90. The van der Waals surface area contributed by atoms with E-state index in [1.807, 2.05) is 0 Å². The van der Waals surface area contributed by atoms with Crippen molar-refractivity contribution in [2.75, 3.05) is 19.1 Å². The number of hydrogen-bond acceptors (Lipinski definition) is 3. The highest BCUT2D eigenvalue weighted by Gasteiger charge is 2.37. The van der Waals surface area contributed by atoms with Crippen molar-refractivity contribution in [1.82, 2.24) is 0 Å². The van der Waals surface area contributed by atoms with E-state index in [0.717, 1.165) is 17.0 Å². The van der Waals surface area contributed by atoms with E-state index in [9.17, 15) is 22.4 Å². The van der Waals surface area contributed by atoms with Crippen LogP contribution < -0.4 is 14.4 Å². The Labute approximate surface area is 170 Å². The van der Waals surface area contributed by atoms with Gasteiger partial charge in [0.05, 0.1) is 25.3 Å². The molecule has 0 bridgehead atoms. The first-order valence-electron chi connectivity index (χ1n) is 8.74. The summed E-state index contributed by atoms with van der Waals surface area (Å²) in [6.45, 7) is 0. The first-order chi connectivity index (χ1) is 14.2. The molecule has 0 atom stereocenters. The number of benzene rings is 3. The average Bonchev–Trinajstić information content (AvgIpc) is 2.74. The van der Waals surface area contributed by atoms with E-state index in [2.05, 4.69) is 0 Å². The van der Waals surface area contributed by atoms with Crippen molar-refractivity contribution in [1.29, 1.82) is 0 Å². The normalized spacial score (nSPS) is 11.1. The second-order valence-corrected chi connectivity index (χ2v) is 6.22. The Hall–Kier alpha value is -3.55. The summed E-state index contributed by atoms with van der Waals surface area (Å²) in [4.78, 5) is 14.4. The zero-order valence-corrected chi connectivity index (χ0v) is 16.0. The standard InChI is InChI=1S/C22H17F4NO3/c1-29-17-8-4-15(5-9-17)27(16-6-10-18(30-2)11-7-16)21(28)19-12-3-14(23)13-20(19)22(24,25)26/h3-13H,1-2H3. The molecule has 3 aromatic carbocycles. The van der Waals surface area contributed by atoms with Crippen LogP contribution in [0.5, 0.6) is 11.5 Å². The van der Waals surface area contributed by atoms with E-state index in [-0.39, 0.29) is 0 Å². The maximum Gasteiger partial charge on any atom is 0.417 e. The second-order valence-electron chi connectivity index (χ2n) is 6.22. The first kappa shape index (κ1) is 21.2. The number of nitrogens with zero attached hydrogens (tertiary/aromatic N) is 1. The smallest absolute Gasteiger partial charge is 0.417 e. The van der Waals surface area contributed by atoms with Crippen LogP contribution >= 0.6 is 0 Å². The maximum absolute atomic E-state index is 13.5. The molecule has 0 heterocycles. The first-order valence-corrected chi connectivity index (χ1v) is 8.74. The minimum absolute atomic E-state index is 0.309. The van der Waals surface area contributed by atoms with Crippen LogP contribution in [0.3, 0.4) is 0 Å². The molecule has 0 radical (unpaired) electrons. The number of anilines is 2. The Balaban J connectivity index is 2.15. The molecule has 4 nitrogen and oxygen atoms in total. The van der Waals surface area contributed by atoms with Crippen LogP contribution in [0.15, 0.2) is 66.7 Å². The van der Waals surface area contributed by atoms with Gasteiger partial charge in [0.2, 0.25) is 0 Å². The topological polar surface area (TPSA) is 38.8 Å². The van der Waals surface area contributed by atoms with Gasteiger partial charge in [0.1, 0.15) is 17.3 Å². The van der Waals surface area contributed by atoms with Gasteiger partial charge in [-0.15, -0.1) is 0 Å². The monoisotopic (exact) mass is 419 g/mol. The summed E-state index contributed by atoms with van der Waals surface area (Å²) in [5.74, 6) is -1.02. The minimum Gasteiger partial charge on any atom is -0.497 e. The number of rotatable bonds is 5. The second kappa shape index (κ2) is 8.44. The molecule has 1 amide bonds. The number of methoxy groups -OCH3 is 2. The van der Waals surface area contributed by atoms with Gasteiger partial charge in [-0.1, -0.05) is 0 Å². The summed E-state index contributed by atoms with van der Waals surface area (Å²) < 4.78 is 64.1. The molecule has 0 N–H and O–H groups in total. The van der Waals surface area contributed by atoms with Crippen LogP contribution in [0.25, 0.3) is 0 Å². The highest BCUT2D eigenvalue weighted by molar-refractivity contribution is 6.11. The van der Waals surface area contributed by atoms with Crippen LogP contribution in [0.4, 0.5) is 28.9 Å². The summed E-state index contributed by atoms with van der Waals surface area (Å²) >= 11 is 0. The molecule has 0 aliphatic rings. The molecule has 8 heteroatoms. The Kier molecular flexibility index (Phi) is 5.96. The summed E-state index contributed by atoms with van der Waals surface area (Å²) in [5, 5.41) is 0. The SMILES string of the molecule is COc1ccc(N(C(=O)c2ccc(F)cc2C(F)(F)F)c2ccc(OC)cc2)cc1. The average molecular weight is 419 g/mol. The van der Waals surface area contributed by atoms with E-state index in [1.165, 1.54) is 38.5 Å². The fourth-order valence-electron chi connectivity index (χ4n) is 2.90. The van der Waals surface area contributed by atoms with E-state index in [0.29, 0.717) is 28.9 Å². The van der Waals surface area contributed by atoms with Crippen LogP contribution in [-0.2, 0) is 6.18 Å². The lowest BCUT2D eigenvalue weighted by molar-refractivity contribution is -0.138. The van der Waals surface area contributed by atoms with Gasteiger partial charge in [0.15, 0.2) is 0 Å². The van der Waals surface area contributed by atoms with Gasteiger partial charge in [-0.25, -0.2) is 4.39 Å². The third-order valence-corrected chi connectivity index (χ3v) is 4.38. The van der Waals surface area contributed by atoms with Crippen molar-refractivity contribution >= 4 is 17.3 Å². The highest BCUT2D eigenvalue weighted by Crippen LogP contribution is 2.36. The van der Waals surface area contributed by atoms with Gasteiger partial charge >= 0.3 is 6.18 Å². The molecule has 0 aromatic heterocycles. The molecular weight excluding hydrogens is 402 g/mol. The molecule has 0 aliphatic carbocycles. The van der Waals surface area contributed by atoms with Crippen molar-refractivity contribution < 1.29 is 31.8 Å². The van der Waals surface area contributed by atoms with Crippen molar-refractivity contribution in [2.24, 2.45) is 0 Å². The summed E-state index contributed by atoms with van der Waals surface area (Å²) in [6.07, 6.45) is -4.90. The summed E-state index contributed by atoms with van der Waals surface area (Å²) in [5.41, 5.74) is -1.40. The third-order valence-electron chi connectivity index (χ3n) is 4.38. The van der Waals surface area contributed by atoms with Crippen LogP contribution in [0.2, 0.25) is 0 Å². The zero-order valence-electron chi connectivity index (χ0n) is 16.0. The lowest BCUT2D eigenvalue weighted by Gasteiger charge is -2.25. The Bertz CT molecular complexity index is 984. The number of ether oxygens (including phenoxy) is 2. The van der Waals surface area contributed by atoms with Crippen molar-refractivity contribution in [3.63, 3.8) is 0 Å². The zero-order chi connectivity index (χ0) is 21.9. The molecule has 0 spiro atoms. The van der Waals surface area contributed by atoms with E-state index in [1.54, 1.807) is 24.3 Å². The Morgan fingerprint density at radius 2 is 1.27 bits per heavy atom. The molecule has 30 heavy (non-hydrogen) atoms. The molecule has 156 valence electrons. The quantitative estimate of drug-likeness (QED) is 0.488. The van der Waals surface area contributed by atoms with Gasteiger partial charge in [-0.05, 0) is 66.7 Å².